The zero-order chi connectivity index (χ0) is 27.4. The molecule has 0 saturated carbocycles. The van der Waals surface area contributed by atoms with Crippen molar-refractivity contribution >= 4 is 58.3 Å². The maximum Gasteiger partial charge on any atom is 0.414 e. The van der Waals surface area contributed by atoms with Crippen molar-refractivity contribution in [3.05, 3.63) is 58.4 Å². The molecule has 2 aliphatic heterocycles. The van der Waals surface area contributed by atoms with Crippen molar-refractivity contribution in [2.45, 2.75) is 24.1 Å². The van der Waals surface area contributed by atoms with Crippen LogP contribution in [-0.2, 0) is 4.74 Å². The van der Waals surface area contributed by atoms with Crippen LogP contribution in [0.5, 0.6) is 0 Å². The molecule has 2 aromatic carbocycles. The molecule has 0 bridgehead atoms. The highest BCUT2D eigenvalue weighted by Gasteiger charge is 2.34. The number of primary amides is 1. The Kier molecular flexibility index (Phi) is 8.48. The Morgan fingerprint density at radius 3 is 2.63 bits per heavy atom. The number of carbonyl (C=O) groups excluding carboxylic acids is 2. The van der Waals surface area contributed by atoms with Crippen LogP contribution in [0.15, 0.2) is 47.4 Å². The maximum absolute atomic E-state index is 15.4. The van der Waals surface area contributed by atoms with Gasteiger partial charge < -0.3 is 26.0 Å². The van der Waals surface area contributed by atoms with Gasteiger partial charge in [-0.15, -0.1) is 0 Å². The van der Waals surface area contributed by atoms with Crippen LogP contribution >= 0.6 is 24.2 Å². The molecule has 2 unspecified atom stereocenters. The third kappa shape index (κ3) is 6.59. The molecule has 3 amide bonds. The van der Waals surface area contributed by atoms with Crippen LogP contribution in [0.3, 0.4) is 0 Å². The maximum atomic E-state index is 15.4. The fraction of sp³-hybridized carbons (Fsp3) is 0.348. The third-order valence-electron chi connectivity index (χ3n) is 5.94. The Morgan fingerprint density at radius 2 is 2.00 bits per heavy atom. The largest absolute Gasteiger partial charge is 0.442 e. The second kappa shape index (κ2) is 11.8. The minimum atomic E-state index is -0.759. The SMILES string of the molecule is CC(=S)NCC1CN(c2ccc(N3CCN(Sc4ccc([N+](=O)[O-])cc4)CC3NC(N)=O)c(F)c2)C(=O)O1. The van der Waals surface area contributed by atoms with Crippen molar-refractivity contribution in [1.82, 2.24) is 14.9 Å². The predicted octanol–water partition coefficient (Wildman–Crippen LogP) is 2.82. The van der Waals surface area contributed by atoms with Gasteiger partial charge in [-0.1, -0.05) is 12.2 Å². The lowest BCUT2D eigenvalue weighted by Crippen LogP contribution is -2.60. The number of piperazine rings is 1. The molecular weight excluding hydrogens is 537 g/mol. The van der Waals surface area contributed by atoms with Crippen LogP contribution in [0, 0.1) is 15.9 Å². The quantitative estimate of drug-likeness (QED) is 0.190. The molecular formula is C23H26FN7O5S2. The van der Waals surface area contributed by atoms with Gasteiger partial charge in [-0.3, -0.25) is 15.0 Å². The number of halogens is 1. The fourth-order valence-electron chi connectivity index (χ4n) is 4.19. The van der Waals surface area contributed by atoms with Crippen LogP contribution in [0.2, 0.25) is 0 Å². The summed E-state index contributed by atoms with van der Waals surface area (Å²) in [7, 11) is 0. The zero-order valence-corrected chi connectivity index (χ0v) is 22.0. The number of non-ortho nitro benzene ring substituents is 1. The number of benzene rings is 2. The van der Waals surface area contributed by atoms with E-state index in [9.17, 15) is 19.7 Å². The monoisotopic (exact) mass is 563 g/mol. The minimum Gasteiger partial charge on any atom is -0.442 e. The van der Waals surface area contributed by atoms with Crippen molar-refractivity contribution in [3.8, 4) is 0 Å². The fourth-order valence-corrected chi connectivity index (χ4v) is 5.22. The number of amides is 3. The molecule has 2 atom stereocenters. The number of nitrogens with zero attached hydrogens (tertiary/aromatic N) is 4. The van der Waals surface area contributed by atoms with Crippen LogP contribution in [0.4, 0.5) is 31.0 Å². The Labute approximate surface area is 227 Å². The Balaban J connectivity index is 1.45. The first-order valence-corrected chi connectivity index (χ1v) is 12.8. The van der Waals surface area contributed by atoms with Gasteiger partial charge in [0, 0.05) is 36.7 Å². The van der Waals surface area contributed by atoms with Gasteiger partial charge in [-0.2, -0.15) is 0 Å². The van der Waals surface area contributed by atoms with E-state index in [-0.39, 0.29) is 17.9 Å². The van der Waals surface area contributed by atoms with E-state index >= 15 is 4.39 Å². The molecule has 4 rings (SSSR count). The van der Waals surface area contributed by atoms with Gasteiger partial charge in [0.1, 0.15) is 18.1 Å². The van der Waals surface area contributed by atoms with Crippen molar-refractivity contribution in [3.63, 3.8) is 0 Å². The summed E-state index contributed by atoms with van der Waals surface area (Å²) >= 11 is 6.35. The highest BCUT2D eigenvalue weighted by molar-refractivity contribution is 7.97. The minimum absolute atomic E-state index is 0.00851. The lowest BCUT2D eigenvalue weighted by atomic mass is 10.2. The highest BCUT2D eigenvalue weighted by Crippen LogP contribution is 2.32. The van der Waals surface area contributed by atoms with Gasteiger partial charge in [0.2, 0.25) is 0 Å². The topological polar surface area (TPSA) is 146 Å². The van der Waals surface area contributed by atoms with Gasteiger partial charge in [0.05, 0.1) is 34.4 Å². The van der Waals surface area contributed by atoms with Gasteiger partial charge >= 0.3 is 12.1 Å². The van der Waals surface area contributed by atoms with E-state index in [1.54, 1.807) is 36.1 Å². The summed E-state index contributed by atoms with van der Waals surface area (Å²) in [6.07, 6.45) is -1.64. The summed E-state index contributed by atoms with van der Waals surface area (Å²) in [5, 5.41) is 16.5. The Hall–Kier alpha value is -3.69. The van der Waals surface area contributed by atoms with E-state index in [1.807, 2.05) is 4.31 Å². The van der Waals surface area contributed by atoms with Crippen LogP contribution in [0.25, 0.3) is 0 Å². The molecule has 2 fully saturated rings. The first kappa shape index (κ1) is 27.3. The normalized spacial score (nSPS) is 19.7. The first-order chi connectivity index (χ1) is 18.1. The standard InChI is InChI=1S/C23H26FN7O5S2/c1-14(37)26-11-17-12-30(23(33)36-17)16-4-7-20(19(24)10-16)29-9-8-28(13-21(29)27-22(25)32)38-18-5-2-15(3-6-18)31(34)35/h2-7,10,17,21H,8-9,11-13H2,1H3,(H,26,37)(H3,25,27,32). The molecule has 2 saturated heterocycles. The average Bonchev–Trinajstić information content (AvgIpc) is 3.23. The zero-order valence-electron chi connectivity index (χ0n) is 20.3. The average molecular weight is 564 g/mol. The van der Waals surface area contributed by atoms with Gasteiger partial charge in [0.25, 0.3) is 5.69 Å². The van der Waals surface area contributed by atoms with Crippen molar-refractivity contribution in [2.24, 2.45) is 5.73 Å². The lowest BCUT2D eigenvalue weighted by molar-refractivity contribution is -0.384. The van der Waals surface area contributed by atoms with Crippen molar-refractivity contribution in [2.75, 3.05) is 42.5 Å². The highest BCUT2D eigenvalue weighted by atomic mass is 32.2. The number of nitro groups is 1. The number of thiocarbonyl (C=S) groups is 1. The molecule has 2 aromatic rings. The van der Waals surface area contributed by atoms with Crippen molar-refractivity contribution in [1.29, 1.82) is 0 Å². The summed E-state index contributed by atoms with van der Waals surface area (Å²) < 4.78 is 22.6. The Morgan fingerprint density at radius 1 is 1.26 bits per heavy atom. The molecule has 202 valence electrons. The number of rotatable bonds is 8. The molecule has 15 heteroatoms. The van der Waals surface area contributed by atoms with E-state index in [0.717, 1.165) is 4.90 Å². The number of anilines is 2. The van der Waals surface area contributed by atoms with Crippen LogP contribution < -0.4 is 26.2 Å². The lowest BCUT2D eigenvalue weighted by Gasteiger charge is -2.42. The molecule has 12 nitrogen and oxygen atoms in total. The van der Waals surface area contributed by atoms with E-state index in [0.29, 0.717) is 36.9 Å². The summed E-state index contributed by atoms with van der Waals surface area (Å²) in [4.78, 5) is 38.9. The molecule has 38 heavy (non-hydrogen) atoms. The summed E-state index contributed by atoms with van der Waals surface area (Å²) in [5.41, 5.74) is 5.98. The van der Waals surface area contributed by atoms with Gasteiger partial charge in [-0.05, 0) is 49.2 Å². The molecule has 2 aliphatic rings. The number of nitrogens with two attached hydrogens (primary N) is 1. The van der Waals surface area contributed by atoms with Crippen molar-refractivity contribution < 1.29 is 23.6 Å². The molecule has 2 heterocycles. The van der Waals surface area contributed by atoms with E-state index in [2.05, 4.69) is 10.6 Å². The predicted molar refractivity (Wildman–Crippen MR) is 145 cm³/mol. The summed E-state index contributed by atoms with van der Waals surface area (Å²) in [6, 6.07) is 9.80. The van der Waals surface area contributed by atoms with E-state index < -0.39 is 35.1 Å². The van der Waals surface area contributed by atoms with Crippen LogP contribution in [-0.4, -0.2) is 71.3 Å². The molecule has 4 N–H and O–H groups in total. The molecule has 0 radical (unpaired) electrons. The molecule has 0 spiro atoms. The number of carbonyl (C=O) groups is 2. The number of urea groups is 1. The van der Waals surface area contributed by atoms with Gasteiger partial charge in [0.15, 0.2) is 0 Å². The molecule has 0 aliphatic carbocycles. The number of cyclic esters (lactones) is 1. The Bertz CT molecular complexity index is 1240. The number of nitrogens with one attached hydrogen (secondary N) is 2. The summed E-state index contributed by atoms with van der Waals surface area (Å²) in [6.45, 7) is 3.51. The number of hydrogen-bond donors (Lipinski definition) is 3. The van der Waals surface area contributed by atoms with E-state index in [1.165, 1.54) is 35.0 Å². The van der Waals surface area contributed by atoms with Gasteiger partial charge in [-0.25, -0.2) is 18.3 Å². The third-order valence-corrected chi connectivity index (χ3v) is 7.16. The number of ether oxygens (including phenoxy) is 1. The van der Waals surface area contributed by atoms with E-state index in [4.69, 9.17) is 22.7 Å². The second-order valence-corrected chi connectivity index (χ2v) is 10.4. The van der Waals surface area contributed by atoms with Crippen LogP contribution in [0.1, 0.15) is 6.92 Å². The molecule has 0 aromatic heterocycles. The second-order valence-electron chi connectivity index (χ2n) is 8.64. The number of nitro benzene ring substituents is 1. The summed E-state index contributed by atoms with van der Waals surface area (Å²) in [5.74, 6) is -0.570. The smallest absolute Gasteiger partial charge is 0.414 e. The first-order valence-electron chi connectivity index (χ1n) is 11.6. The number of hydrogen-bond acceptors (Lipinski definition) is 9.